The molecule has 0 radical (unpaired) electrons. The van der Waals surface area contributed by atoms with E-state index >= 15 is 0 Å². The highest BCUT2D eigenvalue weighted by molar-refractivity contribution is 6.36. The number of fused-ring (bicyclic) bond motifs is 1. The van der Waals surface area contributed by atoms with Crippen molar-refractivity contribution in [1.82, 2.24) is 4.98 Å². The van der Waals surface area contributed by atoms with Crippen LogP contribution in [0, 0.1) is 10.1 Å². The number of nitrogens with one attached hydrogen (secondary N) is 1. The molecule has 0 saturated heterocycles. The molecule has 0 spiro atoms. The average molecular weight is 197 g/mol. The summed E-state index contributed by atoms with van der Waals surface area (Å²) in [4.78, 5) is 13.0. The summed E-state index contributed by atoms with van der Waals surface area (Å²) in [6, 6.07) is 4.80. The lowest BCUT2D eigenvalue weighted by Gasteiger charge is -1.93. The van der Waals surface area contributed by atoms with Gasteiger partial charge in [0, 0.05) is 12.3 Å². The minimum Gasteiger partial charge on any atom is -0.360 e. The van der Waals surface area contributed by atoms with E-state index in [1.165, 1.54) is 6.07 Å². The van der Waals surface area contributed by atoms with Gasteiger partial charge in [-0.15, -0.1) is 0 Å². The van der Waals surface area contributed by atoms with E-state index in [9.17, 15) is 10.1 Å². The molecule has 66 valence electrons. The molecule has 0 saturated carbocycles. The average Bonchev–Trinajstić information content (AvgIpc) is 2.48. The topological polar surface area (TPSA) is 58.9 Å². The normalized spacial score (nSPS) is 10.5. The fourth-order valence-corrected chi connectivity index (χ4v) is 1.53. The number of nitro benzene ring substituents is 1. The molecule has 1 aromatic carbocycles. The zero-order valence-electron chi connectivity index (χ0n) is 6.45. The van der Waals surface area contributed by atoms with Crippen molar-refractivity contribution < 1.29 is 4.92 Å². The van der Waals surface area contributed by atoms with Gasteiger partial charge in [0.15, 0.2) is 0 Å². The number of aromatic nitrogens is 1. The molecule has 0 fully saturated rings. The lowest BCUT2D eigenvalue weighted by molar-refractivity contribution is -0.383. The fourth-order valence-electron chi connectivity index (χ4n) is 1.28. The van der Waals surface area contributed by atoms with Crippen LogP contribution in [-0.4, -0.2) is 9.91 Å². The van der Waals surface area contributed by atoms with Crippen molar-refractivity contribution in [3.05, 3.63) is 39.5 Å². The van der Waals surface area contributed by atoms with Crippen LogP contribution in [0.3, 0.4) is 0 Å². The van der Waals surface area contributed by atoms with Gasteiger partial charge in [0.25, 0.3) is 5.69 Å². The molecule has 1 aromatic heterocycles. The number of hydrogen-bond donors (Lipinski definition) is 1. The molecule has 5 heteroatoms. The molecule has 2 rings (SSSR count). The van der Waals surface area contributed by atoms with Crippen molar-refractivity contribution in [3.8, 4) is 0 Å². The van der Waals surface area contributed by atoms with E-state index in [-0.39, 0.29) is 5.69 Å². The maximum Gasteiger partial charge on any atom is 0.280 e. The summed E-state index contributed by atoms with van der Waals surface area (Å²) in [6.45, 7) is 0. The van der Waals surface area contributed by atoms with Gasteiger partial charge in [0.05, 0.1) is 20.8 Å². The summed E-state index contributed by atoms with van der Waals surface area (Å²) in [5, 5.41) is 11.4. The summed E-state index contributed by atoms with van der Waals surface area (Å²) in [7, 11) is 0. The number of hydrogen-bond acceptors (Lipinski definition) is 2. The van der Waals surface area contributed by atoms with Gasteiger partial charge >= 0.3 is 0 Å². The van der Waals surface area contributed by atoms with Crippen molar-refractivity contribution in [3.63, 3.8) is 0 Å². The second-order valence-electron chi connectivity index (χ2n) is 2.59. The number of non-ortho nitro benzene ring substituents is 1. The summed E-state index contributed by atoms with van der Waals surface area (Å²) in [5.41, 5.74) is 0.711. The molecule has 1 heterocycles. The zero-order valence-corrected chi connectivity index (χ0v) is 7.21. The van der Waals surface area contributed by atoms with E-state index in [1.54, 1.807) is 18.3 Å². The van der Waals surface area contributed by atoms with Gasteiger partial charge in [-0.05, 0) is 6.07 Å². The monoisotopic (exact) mass is 196 g/mol. The van der Waals surface area contributed by atoms with Gasteiger partial charge in [-0.25, -0.2) is 0 Å². The highest BCUT2D eigenvalue weighted by Gasteiger charge is 2.14. The minimum atomic E-state index is -0.442. The maximum absolute atomic E-state index is 10.6. The molecule has 0 aliphatic carbocycles. The molecule has 1 N–H and O–H groups in total. The van der Waals surface area contributed by atoms with Gasteiger partial charge in [-0.2, -0.15) is 0 Å². The predicted molar refractivity (Wildman–Crippen MR) is 50.0 cm³/mol. The highest BCUT2D eigenvalue weighted by atomic mass is 35.5. The van der Waals surface area contributed by atoms with Gasteiger partial charge in [-0.3, -0.25) is 10.1 Å². The molecular weight excluding hydrogens is 192 g/mol. The molecule has 13 heavy (non-hydrogen) atoms. The van der Waals surface area contributed by atoms with Crippen LogP contribution in [0.15, 0.2) is 24.4 Å². The van der Waals surface area contributed by atoms with Crippen molar-refractivity contribution in [1.29, 1.82) is 0 Å². The Labute approximate surface area is 78.3 Å². The number of benzene rings is 1. The Bertz CT molecular complexity index is 478. The first kappa shape index (κ1) is 8.07. The number of rotatable bonds is 1. The minimum absolute atomic E-state index is 0.0313. The maximum atomic E-state index is 10.6. The SMILES string of the molecule is O=[N+]([O-])c1cccc2[nH]cc(Cl)c12. The molecule has 0 amide bonds. The van der Waals surface area contributed by atoms with E-state index in [1.807, 2.05) is 0 Å². The number of H-pyrrole nitrogens is 1. The van der Waals surface area contributed by atoms with Crippen LogP contribution in [0.25, 0.3) is 10.9 Å². The summed E-state index contributed by atoms with van der Waals surface area (Å²) >= 11 is 5.79. The lowest BCUT2D eigenvalue weighted by Crippen LogP contribution is -1.87. The van der Waals surface area contributed by atoms with E-state index in [4.69, 9.17) is 11.6 Å². The zero-order chi connectivity index (χ0) is 9.42. The van der Waals surface area contributed by atoms with E-state index in [2.05, 4.69) is 4.98 Å². The van der Waals surface area contributed by atoms with E-state index < -0.39 is 4.92 Å². The molecule has 2 aromatic rings. The Morgan fingerprint density at radius 1 is 1.46 bits per heavy atom. The molecule has 0 bridgehead atoms. The number of aromatic amines is 1. The third-order valence-electron chi connectivity index (χ3n) is 1.83. The number of nitro groups is 1. The Hall–Kier alpha value is -1.55. The molecule has 0 atom stereocenters. The van der Waals surface area contributed by atoms with Crippen LogP contribution in [0.2, 0.25) is 5.02 Å². The van der Waals surface area contributed by atoms with Crippen LogP contribution in [0.1, 0.15) is 0 Å². The Morgan fingerprint density at radius 2 is 2.23 bits per heavy atom. The Morgan fingerprint density at radius 3 is 2.92 bits per heavy atom. The summed E-state index contributed by atoms with van der Waals surface area (Å²) in [6.07, 6.45) is 1.54. The van der Waals surface area contributed by atoms with Crippen molar-refractivity contribution >= 4 is 28.2 Å². The quantitative estimate of drug-likeness (QED) is 0.563. The Kier molecular flexibility index (Phi) is 1.70. The van der Waals surface area contributed by atoms with Crippen molar-refractivity contribution in [2.45, 2.75) is 0 Å². The molecule has 4 nitrogen and oxygen atoms in total. The van der Waals surface area contributed by atoms with Crippen LogP contribution >= 0.6 is 11.6 Å². The first-order valence-corrected chi connectivity index (χ1v) is 3.98. The third kappa shape index (κ3) is 1.15. The molecule has 0 unspecified atom stereocenters. The number of nitrogens with zero attached hydrogens (tertiary/aromatic N) is 1. The van der Waals surface area contributed by atoms with Crippen LogP contribution in [-0.2, 0) is 0 Å². The lowest BCUT2D eigenvalue weighted by atomic mass is 10.2. The fraction of sp³-hybridized carbons (Fsp3) is 0. The van der Waals surface area contributed by atoms with Gasteiger partial charge < -0.3 is 4.98 Å². The summed E-state index contributed by atoms with van der Waals surface area (Å²) in [5.74, 6) is 0. The van der Waals surface area contributed by atoms with Gasteiger partial charge in [0.1, 0.15) is 0 Å². The van der Waals surface area contributed by atoms with Crippen molar-refractivity contribution in [2.24, 2.45) is 0 Å². The number of halogens is 1. The third-order valence-corrected chi connectivity index (χ3v) is 2.13. The first-order valence-electron chi connectivity index (χ1n) is 3.60. The smallest absolute Gasteiger partial charge is 0.280 e. The van der Waals surface area contributed by atoms with Crippen molar-refractivity contribution in [2.75, 3.05) is 0 Å². The van der Waals surface area contributed by atoms with Gasteiger partial charge in [-0.1, -0.05) is 17.7 Å². The second-order valence-corrected chi connectivity index (χ2v) is 3.00. The van der Waals surface area contributed by atoms with Gasteiger partial charge in [0.2, 0.25) is 0 Å². The second kappa shape index (κ2) is 2.74. The predicted octanol–water partition coefficient (Wildman–Crippen LogP) is 2.73. The largest absolute Gasteiger partial charge is 0.360 e. The Balaban J connectivity index is 2.88. The van der Waals surface area contributed by atoms with Crippen LogP contribution < -0.4 is 0 Å². The van der Waals surface area contributed by atoms with Crippen LogP contribution in [0.4, 0.5) is 5.69 Å². The van der Waals surface area contributed by atoms with E-state index in [0.717, 1.165) is 0 Å². The first-order chi connectivity index (χ1) is 6.20. The highest BCUT2D eigenvalue weighted by Crippen LogP contribution is 2.31. The summed E-state index contributed by atoms with van der Waals surface area (Å²) < 4.78 is 0. The molecular formula is C8H5ClN2O2. The standard InChI is InChI=1S/C8H5ClN2O2/c9-5-4-10-6-2-1-3-7(8(5)6)11(12)13/h1-4,10H. The van der Waals surface area contributed by atoms with E-state index in [0.29, 0.717) is 15.9 Å². The molecule has 0 aliphatic rings. The van der Waals surface area contributed by atoms with Crippen LogP contribution in [0.5, 0.6) is 0 Å². The molecule has 0 aliphatic heterocycles.